The molecule has 1 aromatic carbocycles. The predicted molar refractivity (Wildman–Crippen MR) is 121 cm³/mol. The van der Waals surface area contributed by atoms with Crippen molar-refractivity contribution < 1.29 is 0 Å². The molecule has 3 aromatic rings. The van der Waals surface area contributed by atoms with E-state index in [0.717, 1.165) is 36.0 Å². The van der Waals surface area contributed by atoms with Crippen molar-refractivity contribution in [3.63, 3.8) is 0 Å². The molecule has 29 heavy (non-hydrogen) atoms. The van der Waals surface area contributed by atoms with Gasteiger partial charge < -0.3 is 19.7 Å². The van der Waals surface area contributed by atoms with E-state index in [-0.39, 0.29) is 12.1 Å². The maximum absolute atomic E-state index is 5.74. The molecule has 0 amide bonds. The molecule has 0 saturated carbocycles. The van der Waals surface area contributed by atoms with Crippen LogP contribution < -0.4 is 5.32 Å². The van der Waals surface area contributed by atoms with Crippen LogP contribution in [-0.4, -0.2) is 51.6 Å². The number of thiocarbonyl (C=S) groups is 1. The summed E-state index contributed by atoms with van der Waals surface area (Å²) in [6.07, 6.45) is 7.24. The fraction of sp³-hybridized carbons (Fsp3) is 0.304. The molecular weight excluding hydrogens is 378 g/mol. The first kappa shape index (κ1) is 19.6. The molecule has 0 spiro atoms. The Morgan fingerprint density at radius 1 is 1.07 bits per heavy atom. The highest BCUT2D eigenvalue weighted by Crippen LogP contribution is 2.38. The smallest absolute Gasteiger partial charge is 0.170 e. The number of hydrogen-bond acceptors (Lipinski definition) is 3. The zero-order valence-corrected chi connectivity index (χ0v) is 17.7. The summed E-state index contributed by atoms with van der Waals surface area (Å²) in [4.78, 5) is 9.15. The molecule has 6 heteroatoms. The van der Waals surface area contributed by atoms with Crippen LogP contribution in [0.2, 0.25) is 0 Å². The fourth-order valence-corrected chi connectivity index (χ4v) is 4.25. The number of para-hydroxylation sites is 1. The van der Waals surface area contributed by atoms with E-state index < -0.39 is 0 Å². The highest BCUT2D eigenvalue weighted by molar-refractivity contribution is 7.80. The maximum Gasteiger partial charge on any atom is 0.170 e. The average Bonchev–Trinajstić information content (AvgIpc) is 3.34. The Morgan fingerprint density at radius 3 is 2.59 bits per heavy atom. The van der Waals surface area contributed by atoms with Crippen molar-refractivity contribution in [1.29, 1.82) is 0 Å². The Labute approximate surface area is 178 Å². The Balaban J connectivity index is 1.66. The van der Waals surface area contributed by atoms with Crippen molar-refractivity contribution in [2.75, 3.05) is 27.2 Å². The quantitative estimate of drug-likeness (QED) is 0.605. The fourth-order valence-electron chi connectivity index (χ4n) is 3.92. The molecule has 1 aliphatic heterocycles. The first-order chi connectivity index (χ1) is 14.1. The minimum atomic E-state index is 0.0367. The third-order valence-corrected chi connectivity index (χ3v) is 5.67. The van der Waals surface area contributed by atoms with Gasteiger partial charge in [-0.25, -0.2) is 0 Å². The van der Waals surface area contributed by atoms with Gasteiger partial charge in [0.05, 0.1) is 17.8 Å². The Morgan fingerprint density at radius 2 is 1.86 bits per heavy atom. The molecule has 0 bridgehead atoms. The summed E-state index contributed by atoms with van der Waals surface area (Å²) >= 11 is 5.74. The Bertz CT molecular complexity index is 938. The van der Waals surface area contributed by atoms with Crippen molar-refractivity contribution in [3.05, 3.63) is 84.4 Å². The van der Waals surface area contributed by atoms with Crippen LogP contribution in [0.3, 0.4) is 0 Å². The van der Waals surface area contributed by atoms with Crippen molar-refractivity contribution >= 4 is 17.3 Å². The average molecular weight is 406 g/mol. The van der Waals surface area contributed by atoms with Crippen molar-refractivity contribution in [3.8, 4) is 5.69 Å². The van der Waals surface area contributed by atoms with Gasteiger partial charge in [0.1, 0.15) is 0 Å². The first-order valence-electron chi connectivity index (χ1n) is 9.99. The second-order valence-electron chi connectivity index (χ2n) is 7.66. The third-order valence-electron chi connectivity index (χ3n) is 5.31. The summed E-state index contributed by atoms with van der Waals surface area (Å²) in [7, 11) is 4.21. The van der Waals surface area contributed by atoms with E-state index in [0.29, 0.717) is 0 Å². The lowest BCUT2D eigenvalue weighted by molar-refractivity contribution is 0.293. The van der Waals surface area contributed by atoms with Gasteiger partial charge in [-0.05, 0) is 75.2 Å². The van der Waals surface area contributed by atoms with Crippen LogP contribution in [0.4, 0.5) is 0 Å². The number of benzene rings is 1. The van der Waals surface area contributed by atoms with E-state index in [1.807, 2.05) is 24.4 Å². The molecule has 1 N–H and O–H groups in total. The molecule has 2 atom stereocenters. The lowest BCUT2D eigenvalue weighted by Gasteiger charge is -2.27. The monoisotopic (exact) mass is 405 g/mol. The second kappa shape index (κ2) is 8.76. The molecule has 0 aliphatic carbocycles. The predicted octanol–water partition coefficient (Wildman–Crippen LogP) is 3.80. The van der Waals surface area contributed by atoms with Gasteiger partial charge >= 0.3 is 0 Å². The minimum Gasteiger partial charge on any atom is -0.352 e. The minimum absolute atomic E-state index is 0.0367. The number of pyridine rings is 1. The van der Waals surface area contributed by atoms with Gasteiger partial charge in [0.2, 0.25) is 0 Å². The molecule has 1 fully saturated rings. The highest BCUT2D eigenvalue weighted by atomic mass is 32.1. The molecule has 0 radical (unpaired) electrons. The van der Waals surface area contributed by atoms with E-state index >= 15 is 0 Å². The zero-order chi connectivity index (χ0) is 20.2. The van der Waals surface area contributed by atoms with Gasteiger partial charge in [-0.1, -0.05) is 24.3 Å². The summed E-state index contributed by atoms with van der Waals surface area (Å²) in [6, 6.07) is 18.8. The number of nitrogens with zero attached hydrogens (tertiary/aromatic N) is 4. The highest BCUT2D eigenvalue weighted by Gasteiger charge is 2.39. The molecule has 5 nitrogen and oxygen atoms in total. The molecule has 1 saturated heterocycles. The molecule has 2 unspecified atom stereocenters. The van der Waals surface area contributed by atoms with Crippen LogP contribution in [0.5, 0.6) is 0 Å². The van der Waals surface area contributed by atoms with Crippen LogP contribution in [0.15, 0.2) is 73.2 Å². The van der Waals surface area contributed by atoms with Gasteiger partial charge in [0, 0.05) is 30.8 Å². The van der Waals surface area contributed by atoms with E-state index in [2.05, 4.69) is 87.6 Å². The normalized spacial score (nSPS) is 19.0. The molecule has 3 heterocycles. The first-order valence-corrected chi connectivity index (χ1v) is 10.4. The van der Waals surface area contributed by atoms with Gasteiger partial charge in [0.25, 0.3) is 0 Å². The van der Waals surface area contributed by atoms with Crippen LogP contribution in [0.25, 0.3) is 5.69 Å². The topological polar surface area (TPSA) is 36.3 Å². The molecule has 2 aromatic heterocycles. The van der Waals surface area contributed by atoms with Crippen LogP contribution in [0.1, 0.15) is 29.8 Å². The van der Waals surface area contributed by atoms with Crippen LogP contribution in [0, 0.1) is 0 Å². The van der Waals surface area contributed by atoms with E-state index in [1.165, 1.54) is 5.56 Å². The summed E-state index contributed by atoms with van der Waals surface area (Å²) in [5.74, 6) is 0. The van der Waals surface area contributed by atoms with Gasteiger partial charge in [-0.2, -0.15) is 0 Å². The summed E-state index contributed by atoms with van der Waals surface area (Å²) in [5.41, 5.74) is 3.41. The van der Waals surface area contributed by atoms with Gasteiger partial charge in [-0.15, -0.1) is 0 Å². The molecule has 4 rings (SSSR count). The standard InChI is InChI=1S/C23H27N5S/c1-26(2)14-8-15-28-22(21(25-23(28)29)20-11-6-7-13-24-20)18-12-16-27(17-18)19-9-4-3-5-10-19/h3-7,9-13,16-17,21-22H,8,14-15H2,1-2H3,(H,25,29). The second-order valence-corrected chi connectivity index (χ2v) is 8.05. The molecular formula is C23H27N5S. The number of rotatable bonds is 7. The molecule has 150 valence electrons. The lowest BCUT2D eigenvalue weighted by Crippen LogP contribution is -2.32. The summed E-state index contributed by atoms with van der Waals surface area (Å²) in [5, 5.41) is 4.33. The Hall–Kier alpha value is -2.70. The number of aromatic nitrogens is 2. The van der Waals surface area contributed by atoms with E-state index in [4.69, 9.17) is 12.2 Å². The largest absolute Gasteiger partial charge is 0.352 e. The SMILES string of the molecule is CN(C)CCCN1C(=S)NC(c2ccccn2)C1c1ccn(-c2ccccc2)c1. The zero-order valence-electron chi connectivity index (χ0n) is 16.9. The summed E-state index contributed by atoms with van der Waals surface area (Å²) < 4.78 is 2.17. The van der Waals surface area contributed by atoms with Crippen LogP contribution in [-0.2, 0) is 0 Å². The summed E-state index contributed by atoms with van der Waals surface area (Å²) in [6.45, 7) is 1.94. The van der Waals surface area contributed by atoms with Crippen molar-refractivity contribution in [1.82, 2.24) is 24.7 Å². The lowest BCUT2D eigenvalue weighted by atomic mass is 9.99. The van der Waals surface area contributed by atoms with Gasteiger partial charge in [-0.3, -0.25) is 4.98 Å². The van der Waals surface area contributed by atoms with Crippen LogP contribution >= 0.6 is 12.2 Å². The number of nitrogens with one attached hydrogen (secondary N) is 1. The van der Waals surface area contributed by atoms with E-state index in [9.17, 15) is 0 Å². The third kappa shape index (κ3) is 4.33. The Kier molecular flexibility index (Phi) is 5.92. The number of hydrogen-bond donors (Lipinski definition) is 1. The maximum atomic E-state index is 5.74. The van der Waals surface area contributed by atoms with Crippen molar-refractivity contribution in [2.24, 2.45) is 0 Å². The van der Waals surface area contributed by atoms with E-state index in [1.54, 1.807) is 0 Å². The van der Waals surface area contributed by atoms with Crippen molar-refractivity contribution in [2.45, 2.75) is 18.5 Å². The van der Waals surface area contributed by atoms with Gasteiger partial charge in [0.15, 0.2) is 5.11 Å². The molecule has 1 aliphatic rings.